The molecule has 0 radical (unpaired) electrons. The Kier molecular flexibility index (Phi) is 7.51. The first-order valence-electron chi connectivity index (χ1n) is 9.78. The standard InChI is InChI=1S/C21H27N5O3S/c1-14-9-15(2)24-21(23-14)30-13-20(27)25-22-12-16-10-19(29-4)17(11-18(16)28-3)26-7-5-6-8-26/h9-12H,5-8,13H2,1-4H3,(H,25,27)/b22-12-. The van der Waals surface area contributed by atoms with Gasteiger partial charge in [0, 0.05) is 36.1 Å². The molecule has 0 aliphatic carbocycles. The van der Waals surface area contributed by atoms with Crippen LogP contribution >= 0.6 is 11.8 Å². The van der Waals surface area contributed by atoms with Gasteiger partial charge in [-0.3, -0.25) is 4.79 Å². The van der Waals surface area contributed by atoms with Crippen molar-refractivity contribution in [2.75, 3.05) is 38.0 Å². The largest absolute Gasteiger partial charge is 0.496 e. The lowest BCUT2D eigenvalue weighted by Gasteiger charge is -2.22. The molecule has 0 spiro atoms. The van der Waals surface area contributed by atoms with Crippen LogP contribution in [-0.2, 0) is 4.79 Å². The molecule has 1 aliphatic rings. The van der Waals surface area contributed by atoms with Crippen molar-refractivity contribution in [2.45, 2.75) is 31.8 Å². The molecule has 1 aromatic carbocycles. The molecule has 2 aromatic rings. The Morgan fingerprint density at radius 2 is 1.80 bits per heavy atom. The van der Waals surface area contributed by atoms with Crippen molar-refractivity contribution in [1.82, 2.24) is 15.4 Å². The lowest BCUT2D eigenvalue weighted by atomic mass is 10.1. The van der Waals surface area contributed by atoms with Gasteiger partial charge in [-0.25, -0.2) is 15.4 Å². The van der Waals surface area contributed by atoms with Crippen molar-refractivity contribution < 1.29 is 14.3 Å². The predicted molar refractivity (Wildman–Crippen MR) is 119 cm³/mol. The van der Waals surface area contributed by atoms with Crippen LogP contribution in [0.1, 0.15) is 29.8 Å². The van der Waals surface area contributed by atoms with Crippen LogP contribution in [0.15, 0.2) is 28.5 Å². The zero-order valence-corrected chi connectivity index (χ0v) is 18.6. The molecule has 9 heteroatoms. The number of benzene rings is 1. The molecule has 1 fully saturated rings. The average Bonchev–Trinajstić information content (AvgIpc) is 3.26. The summed E-state index contributed by atoms with van der Waals surface area (Å²) in [4.78, 5) is 23.0. The summed E-state index contributed by atoms with van der Waals surface area (Å²) < 4.78 is 11.1. The van der Waals surface area contributed by atoms with Crippen LogP contribution < -0.4 is 19.8 Å². The fourth-order valence-corrected chi connectivity index (χ4v) is 4.05. The maximum absolute atomic E-state index is 12.1. The summed E-state index contributed by atoms with van der Waals surface area (Å²) in [5.74, 6) is 1.37. The number of anilines is 1. The van der Waals surface area contributed by atoms with Crippen LogP contribution in [0.3, 0.4) is 0 Å². The highest BCUT2D eigenvalue weighted by Gasteiger charge is 2.19. The molecule has 0 unspecified atom stereocenters. The number of nitrogens with zero attached hydrogens (tertiary/aromatic N) is 4. The van der Waals surface area contributed by atoms with E-state index in [2.05, 4.69) is 25.4 Å². The van der Waals surface area contributed by atoms with Gasteiger partial charge in [-0.15, -0.1) is 0 Å². The van der Waals surface area contributed by atoms with Crippen molar-refractivity contribution in [3.63, 3.8) is 0 Å². The maximum atomic E-state index is 12.1. The number of hydrazone groups is 1. The number of rotatable bonds is 8. The number of aromatic nitrogens is 2. The number of carbonyl (C=O) groups excluding carboxylic acids is 1. The first-order valence-corrected chi connectivity index (χ1v) is 10.8. The van der Waals surface area contributed by atoms with Gasteiger partial charge >= 0.3 is 0 Å². The van der Waals surface area contributed by atoms with Crippen LogP contribution in [-0.4, -0.2) is 55.2 Å². The molecule has 0 saturated carbocycles. The van der Waals surface area contributed by atoms with Crippen LogP contribution in [0.4, 0.5) is 5.69 Å². The Labute approximate surface area is 181 Å². The van der Waals surface area contributed by atoms with Crippen molar-refractivity contribution in [3.8, 4) is 11.5 Å². The number of thioether (sulfide) groups is 1. The summed E-state index contributed by atoms with van der Waals surface area (Å²) in [6, 6.07) is 5.73. The fraction of sp³-hybridized carbons (Fsp3) is 0.429. The van der Waals surface area contributed by atoms with Gasteiger partial charge in [-0.1, -0.05) is 11.8 Å². The van der Waals surface area contributed by atoms with E-state index in [0.29, 0.717) is 10.9 Å². The molecule has 1 saturated heterocycles. The number of hydrogen-bond donors (Lipinski definition) is 1. The molecule has 0 atom stereocenters. The molecule has 8 nitrogen and oxygen atoms in total. The van der Waals surface area contributed by atoms with E-state index >= 15 is 0 Å². The minimum Gasteiger partial charge on any atom is -0.496 e. The van der Waals surface area contributed by atoms with Crippen molar-refractivity contribution in [3.05, 3.63) is 35.2 Å². The van der Waals surface area contributed by atoms with E-state index in [1.807, 2.05) is 32.0 Å². The van der Waals surface area contributed by atoms with Gasteiger partial charge in [0.1, 0.15) is 11.5 Å². The summed E-state index contributed by atoms with van der Waals surface area (Å²) in [7, 11) is 3.27. The third kappa shape index (κ3) is 5.63. The summed E-state index contributed by atoms with van der Waals surface area (Å²) in [5.41, 5.74) is 6.03. The Balaban J connectivity index is 1.63. The smallest absolute Gasteiger partial charge is 0.250 e. The molecule has 1 N–H and O–H groups in total. The normalized spacial score (nSPS) is 13.7. The maximum Gasteiger partial charge on any atom is 0.250 e. The molecule has 1 amide bonds. The Bertz CT molecular complexity index is 909. The van der Waals surface area contributed by atoms with E-state index in [1.54, 1.807) is 20.4 Å². The molecule has 1 aliphatic heterocycles. The first-order chi connectivity index (χ1) is 14.5. The molecular formula is C21H27N5O3S. The highest BCUT2D eigenvalue weighted by atomic mass is 32.2. The molecule has 0 bridgehead atoms. The van der Waals surface area contributed by atoms with Crippen LogP contribution in [0.25, 0.3) is 0 Å². The summed E-state index contributed by atoms with van der Waals surface area (Å²) in [6.07, 6.45) is 3.91. The fourth-order valence-electron chi connectivity index (χ4n) is 3.31. The van der Waals surface area contributed by atoms with Crippen LogP contribution in [0.5, 0.6) is 11.5 Å². The lowest BCUT2D eigenvalue weighted by molar-refractivity contribution is -0.118. The Hall–Kier alpha value is -2.81. The number of ether oxygens (including phenoxy) is 2. The summed E-state index contributed by atoms with van der Waals surface area (Å²) >= 11 is 1.27. The predicted octanol–water partition coefficient (Wildman–Crippen LogP) is 2.95. The van der Waals surface area contributed by atoms with E-state index in [9.17, 15) is 4.79 Å². The number of aryl methyl sites for hydroxylation is 2. The second-order valence-electron chi connectivity index (χ2n) is 6.98. The first kappa shape index (κ1) is 21.9. The van der Waals surface area contributed by atoms with E-state index in [1.165, 1.54) is 24.6 Å². The van der Waals surface area contributed by atoms with Crippen molar-refractivity contribution >= 4 is 29.6 Å². The minimum atomic E-state index is -0.237. The third-order valence-corrected chi connectivity index (χ3v) is 5.51. The van der Waals surface area contributed by atoms with Crippen LogP contribution in [0.2, 0.25) is 0 Å². The Morgan fingerprint density at radius 1 is 1.13 bits per heavy atom. The molecule has 30 heavy (non-hydrogen) atoms. The molecule has 2 heterocycles. The number of hydrogen-bond acceptors (Lipinski definition) is 8. The van der Waals surface area contributed by atoms with Gasteiger partial charge in [-0.2, -0.15) is 5.10 Å². The number of methoxy groups -OCH3 is 2. The second kappa shape index (κ2) is 10.3. The van der Waals surface area contributed by atoms with Gasteiger partial charge in [0.25, 0.3) is 5.91 Å². The van der Waals surface area contributed by atoms with Crippen molar-refractivity contribution in [2.24, 2.45) is 5.10 Å². The third-order valence-electron chi connectivity index (χ3n) is 4.66. The number of nitrogens with one attached hydrogen (secondary N) is 1. The number of amides is 1. The van der Waals surface area contributed by atoms with Crippen LogP contribution in [0, 0.1) is 13.8 Å². The molecule has 160 valence electrons. The van der Waals surface area contributed by atoms with Crippen molar-refractivity contribution in [1.29, 1.82) is 0 Å². The second-order valence-corrected chi connectivity index (χ2v) is 7.92. The van der Waals surface area contributed by atoms with E-state index < -0.39 is 0 Å². The zero-order chi connectivity index (χ0) is 21.5. The number of carbonyl (C=O) groups is 1. The highest BCUT2D eigenvalue weighted by Crippen LogP contribution is 2.36. The lowest BCUT2D eigenvalue weighted by Crippen LogP contribution is -2.20. The Morgan fingerprint density at radius 3 is 2.43 bits per heavy atom. The van der Waals surface area contributed by atoms with E-state index in [-0.39, 0.29) is 11.7 Å². The van der Waals surface area contributed by atoms with Gasteiger partial charge in [0.15, 0.2) is 5.16 Å². The summed E-state index contributed by atoms with van der Waals surface area (Å²) in [5, 5.41) is 4.65. The SMILES string of the molecule is COc1cc(N2CCCC2)c(OC)cc1/C=N\NC(=O)CSc1nc(C)cc(C)n1. The quantitative estimate of drug-likeness (QED) is 0.299. The average molecular weight is 430 g/mol. The summed E-state index contributed by atoms with van der Waals surface area (Å²) in [6.45, 7) is 5.81. The van der Waals surface area contributed by atoms with Gasteiger partial charge in [0.05, 0.1) is 31.9 Å². The van der Waals surface area contributed by atoms with Gasteiger partial charge < -0.3 is 14.4 Å². The topological polar surface area (TPSA) is 88.9 Å². The molecular weight excluding hydrogens is 402 g/mol. The zero-order valence-electron chi connectivity index (χ0n) is 17.8. The molecule has 3 rings (SSSR count). The monoisotopic (exact) mass is 429 g/mol. The van der Waals surface area contributed by atoms with Gasteiger partial charge in [-0.05, 0) is 38.8 Å². The van der Waals surface area contributed by atoms with Gasteiger partial charge in [0.2, 0.25) is 0 Å². The van der Waals surface area contributed by atoms with E-state index in [0.717, 1.165) is 41.5 Å². The molecule has 1 aromatic heterocycles. The minimum absolute atomic E-state index is 0.175. The highest BCUT2D eigenvalue weighted by molar-refractivity contribution is 7.99. The van der Waals surface area contributed by atoms with E-state index in [4.69, 9.17) is 9.47 Å².